The summed E-state index contributed by atoms with van der Waals surface area (Å²) in [6, 6.07) is 5.86. The minimum absolute atomic E-state index is 0.116. The molecule has 1 unspecified atom stereocenters. The van der Waals surface area contributed by atoms with Crippen LogP contribution in [-0.2, 0) is 4.79 Å². The van der Waals surface area contributed by atoms with Gasteiger partial charge in [-0.1, -0.05) is 32.9 Å². The molecule has 0 radical (unpaired) electrons. The van der Waals surface area contributed by atoms with Crippen molar-refractivity contribution in [1.82, 2.24) is 0 Å². The van der Waals surface area contributed by atoms with E-state index < -0.39 is 11.9 Å². The van der Waals surface area contributed by atoms with Crippen LogP contribution < -0.4 is 0 Å². The lowest BCUT2D eigenvalue weighted by Gasteiger charge is -2.19. The van der Waals surface area contributed by atoms with E-state index >= 15 is 0 Å². The first kappa shape index (κ1) is 15.0. The van der Waals surface area contributed by atoms with Crippen LogP contribution in [0.25, 0.3) is 0 Å². The third kappa shape index (κ3) is 5.08. The summed E-state index contributed by atoms with van der Waals surface area (Å²) < 4.78 is 13.2. The first-order valence-electron chi connectivity index (χ1n) is 5.92. The Kier molecular flexibility index (Phi) is 5.20. The molecule has 0 fully saturated rings. The number of thioether (sulfide) groups is 1. The summed E-state index contributed by atoms with van der Waals surface area (Å²) in [6.07, 6.45) is 0.515. The summed E-state index contributed by atoms with van der Waals surface area (Å²) in [5, 5.41) is 9.22. The summed E-state index contributed by atoms with van der Waals surface area (Å²) in [5.74, 6) is -1.16. The van der Waals surface area contributed by atoms with Crippen molar-refractivity contribution in [3.05, 3.63) is 35.6 Å². The SMILES string of the molecule is CC(C)(C)SCCC(C(=O)O)c1cccc(F)c1. The number of hydrogen-bond acceptors (Lipinski definition) is 2. The zero-order valence-corrected chi connectivity index (χ0v) is 11.8. The summed E-state index contributed by atoms with van der Waals surface area (Å²) in [5.41, 5.74) is 0.539. The van der Waals surface area contributed by atoms with Gasteiger partial charge in [-0.05, 0) is 29.9 Å². The normalized spacial score (nSPS) is 13.3. The number of aliphatic carboxylic acids is 1. The van der Waals surface area contributed by atoms with Gasteiger partial charge in [0.1, 0.15) is 5.82 Å². The van der Waals surface area contributed by atoms with Gasteiger partial charge in [0, 0.05) is 4.75 Å². The van der Waals surface area contributed by atoms with Gasteiger partial charge in [-0.3, -0.25) is 4.79 Å². The number of benzene rings is 1. The molecule has 1 rings (SSSR count). The topological polar surface area (TPSA) is 37.3 Å². The molecular weight excluding hydrogens is 251 g/mol. The predicted molar refractivity (Wildman–Crippen MR) is 73.6 cm³/mol. The van der Waals surface area contributed by atoms with Gasteiger partial charge in [0.25, 0.3) is 0 Å². The van der Waals surface area contributed by atoms with Gasteiger partial charge in [-0.2, -0.15) is 11.8 Å². The van der Waals surface area contributed by atoms with Gasteiger partial charge in [-0.25, -0.2) is 4.39 Å². The van der Waals surface area contributed by atoms with Crippen molar-refractivity contribution in [2.24, 2.45) is 0 Å². The molecular formula is C14H19FO2S. The number of carbonyl (C=O) groups is 1. The molecule has 2 nitrogen and oxygen atoms in total. The molecule has 0 spiro atoms. The first-order valence-corrected chi connectivity index (χ1v) is 6.90. The Morgan fingerprint density at radius 1 is 1.44 bits per heavy atom. The summed E-state index contributed by atoms with van der Waals surface area (Å²) in [6.45, 7) is 6.28. The van der Waals surface area contributed by atoms with Crippen molar-refractivity contribution in [1.29, 1.82) is 0 Å². The lowest BCUT2D eigenvalue weighted by atomic mass is 9.97. The maximum absolute atomic E-state index is 13.1. The van der Waals surface area contributed by atoms with Crippen LogP contribution in [0.5, 0.6) is 0 Å². The summed E-state index contributed by atoms with van der Waals surface area (Å²) >= 11 is 1.72. The fourth-order valence-electron chi connectivity index (χ4n) is 1.64. The molecule has 100 valence electrons. The third-order valence-electron chi connectivity index (χ3n) is 2.49. The number of hydrogen-bond donors (Lipinski definition) is 1. The number of carboxylic acid groups (broad SMARTS) is 1. The molecule has 1 N–H and O–H groups in total. The number of halogens is 1. The molecule has 0 aliphatic rings. The molecule has 18 heavy (non-hydrogen) atoms. The minimum Gasteiger partial charge on any atom is -0.481 e. The molecule has 1 aromatic rings. The van der Waals surface area contributed by atoms with E-state index in [2.05, 4.69) is 20.8 Å². The van der Waals surface area contributed by atoms with E-state index in [4.69, 9.17) is 0 Å². The Morgan fingerprint density at radius 3 is 2.61 bits per heavy atom. The fraction of sp³-hybridized carbons (Fsp3) is 0.500. The molecule has 1 aromatic carbocycles. The molecule has 0 bridgehead atoms. The molecule has 0 saturated carbocycles. The summed E-state index contributed by atoms with van der Waals surface area (Å²) in [4.78, 5) is 11.2. The van der Waals surface area contributed by atoms with Crippen molar-refractivity contribution >= 4 is 17.7 Å². The van der Waals surface area contributed by atoms with Crippen molar-refractivity contribution < 1.29 is 14.3 Å². The Bertz CT molecular complexity index is 413. The molecule has 0 amide bonds. The Balaban J connectivity index is 2.69. The molecule has 0 aliphatic heterocycles. The third-order valence-corrected chi connectivity index (χ3v) is 3.80. The van der Waals surface area contributed by atoms with Crippen molar-refractivity contribution in [3.63, 3.8) is 0 Å². The van der Waals surface area contributed by atoms with E-state index in [0.29, 0.717) is 12.0 Å². The highest BCUT2D eigenvalue weighted by molar-refractivity contribution is 8.00. The van der Waals surface area contributed by atoms with Gasteiger partial charge < -0.3 is 5.11 Å². The zero-order chi connectivity index (χ0) is 13.8. The fourth-order valence-corrected chi connectivity index (χ4v) is 2.60. The zero-order valence-electron chi connectivity index (χ0n) is 10.9. The van der Waals surface area contributed by atoms with Crippen LogP contribution in [0.15, 0.2) is 24.3 Å². The maximum Gasteiger partial charge on any atom is 0.311 e. The van der Waals surface area contributed by atoms with Crippen LogP contribution in [0.3, 0.4) is 0 Å². The van der Waals surface area contributed by atoms with Gasteiger partial charge in [0.2, 0.25) is 0 Å². The number of rotatable bonds is 5. The van der Waals surface area contributed by atoms with Crippen LogP contribution in [-0.4, -0.2) is 21.6 Å². The average molecular weight is 270 g/mol. The highest BCUT2D eigenvalue weighted by atomic mass is 32.2. The second kappa shape index (κ2) is 6.23. The van der Waals surface area contributed by atoms with Gasteiger partial charge in [0.05, 0.1) is 5.92 Å². The number of carboxylic acids is 1. The molecule has 4 heteroatoms. The smallest absolute Gasteiger partial charge is 0.311 e. The van der Waals surface area contributed by atoms with Crippen LogP contribution in [0.1, 0.15) is 38.7 Å². The lowest BCUT2D eigenvalue weighted by molar-refractivity contribution is -0.138. The second-order valence-corrected chi connectivity index (χ2v) is 7.12. The molecule has 0 aliphatic carbocycles. The van der Waals surface area contributed by atoms with E-state index in [1.54, 1.807) is 23.9 Å². The van der Waals surface area contributed by atoms with E-state index in [1.807, 2.05) is 0 Å². The van der Waals surface area contributed by atoms with E-state index in [-0.39, 0.29) is 10.6 Å². The van der Waals surface area contributed by atoms with Gasteiger partial charge >= 0.3 is 5.97 Å². The van der Waals surface area contributed by atoms with Crippen molar-refractivity contribution in [2.45, 2.75) is 37.9 Å². The van der Waals surface area contributed by atoms with Crippen molar-refractivity contribution in [3.8, 4) is 0 Å². The van der Waals surface area contributed by atoms with Crippen LogP contribution in [0.4, 0.5) is 4.39 Å². The van der Waals surface area contributed by atoms with Crippen LogP contribution >= 0.6 is 11.8 Å². The van der Waals surface area contributed by atoms with Crippen LogP contribution in [0.2, 0.25) is 0 Å². The Morgan fingerprint density at radius 2 is 2.11 bits per heavy atom. The standard InChI is InChI=1S/C14H19FO2S/c1-14(2,3)18-8-7-12(13(16)17)10-5-4-6-11(15)9-10/h4-6,9,12H,7-8H2,1-3H3,(H,16,17). The Hall–Kier alpha value is -1.03. The van der Waals surface area contributed by atoms with Gasteiger partial charge in [0.15, 0.2) is 0 Å². The highest BCUT2D eigenvalue weighted by Crippen LogP contribution is 2.28. The minimum atomic E-state index is -0.893. The highest BCUT2D eigenvalue weighted by Gasteiger charge is 2.21. The van der Waals surface area contributed by atoms with E-state index in [9.17, 15) is 14.3 Å². The largest absolute Gasteiger partial charge is 0.481 e. The van der Waals surface area contributed by atoms with E-state index in [1.165, 1.54) is 12.1 Å². The predicted octanol–water partition coefficient (Wildman–Crippen LogP) is 3.92. The molecule has 1 atom stereocenters. The van der Waals surface area contributed by atoms with Crippen molar-refractivity contribution in [2.75, 3.05) is 5.75 Å². The first-order chi connectivity index (χ1) is 8.29. The molecule has 0 heterocycles. The Labute approximate surface area is 112 Å². The lowest BCUT2D eigenvalue weighted by Crippen LogP contribution is -2.15. The average Bonchev–Trinajstić information content (AvgIpc) is 2.22. The second-order valence-electron chi connectivity index (χ2n) is 5.20. The maximum atomic E-state index is 13.1. The van der Waals surface area contributed by atoms with E-state index in [0.717, 1.165) is 5.75 Å². The van der Waals surface area contributed by atoms with Gasteiger partial charge in [-0.15, -0.1) is 0 Å². The van der Waals surface area contributed by atoms with Crippen LogP contribution in [0, 0.1) is 5.82 Å². The summed E-state index contributed by atoms with van der Waals surface area (Å²) in [7, 11) is 0. The quantitative estimate of drug-likeness (QED) is 0.881. The molecule has 0 aromatic heterocycles. The monoisotopic (exact) mass is 270 g/mol. The molecule has 0 saturated heterocycles.